The molecule has 5 nitrogen and oxygen atoms in total. The predicted octanol–water partition coefficient (Wildman–Crippen LogP) is 6.05. The average Bonchev–Trinajstić information content (AvgIpc) is 3.23. The van der Waals surface area contributed by atoms with Gasteiger partial charge in [-0.3, -0.25) is 14.7 Å². The van der Waals surface area contributed by atoms with Crippen LogP contribution in [0, 0.1) is 0 Å². The zero-order valence-electron chi connectivity index (χ0n) is 17.4. The third-order valence-corrected chi connectivity index (χ3v) is 6.50. The average molecular weight is 450 g/mol. The third kappa shape index (κ3) is 4.89. The number of ether oxygens (including phenoxy) is 1. The minimum absolute atomic E-state index is 0.0961. The molecule has 0 aliphatic heterocycles. The van der Waals surface area contributed by atoms with Crippen molar-refractivity contribution in [2.24, 2.45) is 0 Å². The van der Waals surface area contributed by atoms with Crippen LogP contribution in [0.5, 0.6) is 5.75 Å². The van der Waals surface area contributed by atoms with E-state index in [1.54, 1.807) is 22.9 Å². The van der Waals surface area contributed by atoms with Gasteiger partial charge in [-0.2, -0.15) is 0 Å². The minimum Gasteiger partial charge on any atom is -0.492 e. The number of aromatic nitrogens is 2. The first-order valence-electron chi connectivity index (χ1n) is 10.2. The van der Waals surface area contributed by atoms with Gasteiger partial charge in [0, 0.05) is 16.7 Å². The molecule has 7 heteroatoms. The maximum Gasteiger partial charge on any atom is 0.260 e. The molecule has 4 aromatic rings. The first kappa shape index (κ1) is 21.3. The number of fused-ring (bicyclic) bond motifs is 1. The Morgan fingerprint density at radius 2 is 1.97 bits per heavy atom. The smallest absolute Gasteiger partial charge is 0.260 e. The third-order valence-electron chi connectivity index (χ3n) is 4.58. The highest BCUT2D eigenvalue weighted by atomic mass is 32.2. The molecule has 0 bridgehead atoms. The second-order valence-electron chi connectivity index (χ2n) is 6.71. The largest absolute Gasteiger partial charge is 0.492 e. The Hall–Kier alpha value is -2.90. The van der Waals surface area contributed by atoms with Gasteiger partial charge >= 0.3 is 0 Å². The van der Waals surface area contributed by atoms with Gasteiger partial charge in [0.05, 0.1) is 23.5 Å². The SMILES string of the molecule is CCOc1cccc2sc(N(Cc3ccccn3)C(=O)c3cccc(SCC)c3)nc12. The molecule has 2 aromatic carbocycles. The molecule has 0 N–H and O–H groups in total. The van der Waals surface area contributed by atoms with Crippen molar-refractivity contribution in [2.75, 3.05) is 17.3 Å². The Kier molecular flexibility index (Phi) is 6.84. The summed E-state index contributed by atoms with van der Waals surface area (Å²) in [6.07, 6.45) is 1.74. The number of rotatable bonds is 8. The maximum absolute atomic E-state index is 13.6. The van der Waals surface area contributed by atoms with Gasteiger partial charge in [0.25, 0.3) is 5.91 Å². The zero-order valence-corrected chi connectivity index (χ0v) is 19.1. The normalized spacial score (nSPS) is 10.9. The molecule has 0 fully saturated rings. The van der Waals surface area contributed by atoms with Crippen LogP contribution in [0.15, 0.2) is 71.8 Å². The number of benzene rings is 2. The molecular formula is C24H23N3O2S2. The van der Waals surface area contributed by atoms with Gasteiger partial charge in [-0.1, -0.05) is 36.5 Å². The summed E-state index contributed by atoms with van der Waals surface area (Å²) >= 11 is 3.20. The molecule has 0 radical (unpaired) electrons. The van der Waals surface area contributed by atoms with Gasteiger partial charge in [-0.25, -0.2) is 4.98 Å². The minimum atomic E-state index is -0.0961. The number of nitrogens with zero attached hydrogens (tertiary/aromatic N) is 3. The van der Waals surface area contributed by atoms with Crippen molar-refractivity contribution in [3.8, 4) is 5.75 Å². The van der Waals surface area contributed by atoms with E-state index in [1.807, 2.05) is 67.6 Å². The highest BCUT2D eigenvalue weighted by Crippen LogP contribution is 2.35. The summed E-state index contributed by atoms with van der Waals surface area (Å²) in [5, 5.41) is 0.631. The van der Waals surface area contributed by atoms with E-state index in [-0.39, 0.29) is 5.91 Å². The van der Waals surface area contributed by atoms with Crippen LogP contribution in [0.25, 0.3) is 10.2 Å². The second-order valence-corrected chi connectivity index (χ2v) is 9.05. The van der Waals surface area contributed by atoms with Crippen molar-refractivity contribution < 1.29 is 9.53 Å². The number of para-hydroxylation sites is 1. The van der Waals surface area contributed by atoms with Gasteiger partial charge in [0.2, 0.25) is 0 Å². The highest BCUT2D eigenvalue weighted by molar-refractivity contribution is 7.99. The van der Waals surface area contributed by atoms with Crippen molar-refractivity contribution in [2.45, 2.75) is 25.3 Å². The van der Waals surface area contributed by atoms with Crippen LogP contribution >= 0.6 is 23.1 Å². The quantitative estimate of drug-likeness (QED) is 0.307. The van der Waals surface area contributed by atoms with Crippen LogP contribution in [0.1, 0.15) is 29.9 Å². The summed E-state index contributed by atoms with van der Waals surface area (Å²) in [4.78, 5) is 25.6. The molecule has 0 aliphatic carbocycles. The zero-order chi connectivity index (χ0) is 21.6. The fourth-order valence-electron chi connectivity index (χ4n) is 3.22. The molecule has 0 unspecified atom stereocenters. The number of thiazole rings is 1. The fourth-order valence-corrected chi connectivity index (χ4v) is 4.92. The van der Waals surface area contributed by atoms with E-state index in [1.165, 1.54) is 11.3 Å². The topological polar surface area (TPSA) is 55.3 Å². The van der Waals surface area contributed by atoms with E-state index in [0.717, 1.165) is 32.3 Å². The lowest BCUT2D eigenvalue weighted by atomic mass is 10.2. The molecular weight excluding hydrogens is 426 g/mol. The Morgan fingerprint density at radius 3 is 2.74 bits per heavy atom. The van der Waals surface area contributed by atoms with E-state index in [4.69, 9.17) is 9.72 Å². The van der Waals surface area contributed by atoms with Crippen LogP contribution < -0.4 is 9.64 Å². The molecule has 1 amide bonds. The van der Waals surface area contributed by atoms with Crippen LogP contribution in [0.2, 0.25) is 0 Å². The molecule has 0 spiro atoms. The second kappa shape index (κ2) is 9.94. The summed E-state index contributed by atoms with van der Waals surface area (Å²) in [5.41, 5.74) is 2.22. The van der Waals surface area contributed by atoms with Crippen molar-refractivity contribution >= 4 is 44.4 Å². The van der Waals surface area contributed by atoms with Crippen LogP contribution in [0.4, 0.5) is 5.13 Å². The van der Waals surface area contributed by atoms with Crippen LogP contribution in [-0.2, 0) is 6.54 Å². The number of pyridine rings is 1. The molecule has 31 heavy (non-hydrogen) atoms. The van der Waals surface area contributed by atoms with E-state index < -0.39 is 0 Å². The van der Waals surface area contributed by atoms with E-state index >= 15 is 0 Å². The number of anilines is 1. The highest BCUT2D eigenvalue weighted by Gasteiger charge is 2.23. The number of hydrogen-bond donors (Lipinski definition) is 0. The maximum atomic E-state index is 13.6. The van der Waals surface area contributed by atoms with Crippen LogP contribution in [-0.4, -0.2) is 28.2 Å². The Bertz CT molecular complexity index is 1180. The lowest BCUT2D eigenvalue weighted by molar-refractivity contribution is 0.0984. The molecule has 2 aromatic heterocycles. The van der Waals surface area contributed by atoms with Crippen molar-refractivity contribution in [3.05, 3.63) is 78.1 Å². The summed E-state index contributed by atoms with van der Waals surface area (Å²) in [6.45, 7) is 4.95. The van der Waals surface area contributed by atoms with E-state index in [2.05, 4.69) is 11.9 Å². The van der Waals surface area contributed by atoms with Gasteiger partial charge < -0.3 is 4.74 Å². The monoisotopic (exact) mass is 449 g/mol. The molecule has 2 heterocycles. The molecule has 0 saturated heterocycles. The Labute approximate surface area is 190 Å². The molecule has 4 rings (SSSR count). The number of amides is 1. The van der Waals surface area contributed by atoms with Crippen molar-refractivity contribution in [1.29, 1.82) is 0 Å². The number of hydrogen-bond acceptors (Lipinski definition) is 6. The van der Waals surface area contributed by atoms with Gasteiger partial charge in [0.15, 0.2) is 5.13 Å². The van der Waals surface area contributed by atoms with Gasteiger partial charge in [0.1, 0.15) is 11.3 Å². The fraction of sp³-hybridized carbons (Fsp3) is 0.208. The van der Waals surface area contributed by atoms with Crippen molar-refractivity contribution in [3.63, 3.8) is 0 Å². The first-order valence-corrected chi connectivity index (χ1v) is 12.0. The van der Waals surface area contributed by atoms with Gasteiger partial charge in [-0.15, -0.1) is 11.8 Å². The molecule has 0 aliphatic rings. The lowest BCUT2D eigenvalue weighted by Crippen LogP contribution is -2.30. The summed E-state index contributed by atoms with van der Waals surface area (Å²) in [6, 6.07) is 19.3. The Balaban J connectivity index is 1.76. The molecule has 0 atom stereocenters. The van der Waals surface area contributed by atoms with Gasteiger partial charge in [-0.05, 0) is 55.1 Å². The molecule has 0 saturated carbocycles. The number of thioether (sulfide) groups is 1. The summed E-state index contributed by atoms with van der Waals surface area (Å²) in [5.74, 6) is 1.59. The van der Waals surface area contributed by atoms with E-state index in [9.17, 15) is 4.79 Å². The summed E-state index contributed by atoms with van der Waals surface area (Å²) in [7, 11) is 0. The van der Waals surface area contributed by atoms with E-state index in [0.29, 0.717) is 23.8 Å². The first-order chi connectivity index (χ1) is 15.2. The number of carbonyl (C=O) groups excluding carboxylic acids is 1. The Morgan fingerprint density at radius 1 is 1.10 bits per heavy atom. The standard InChI is InChI=1S/C24H23N3O2S2/c1-3-29-20-12-8-13-21-22(20)26-24(31-21)27(16-18-10-5-6-14-25-18)23(28)17-9-7-11-19(15-17)30-4-2/h5-15H,3-4,16H2,1-2H3. The summed E-state index contributed by atoms with van der Waals surface area (Å²) < 4.78 is 6.73. The van der Waals surface area contributed by atoms with Crippen molar-refractivity contribution in [1.82, 2.24) is 9.97 Å². The molecule has 158 valence electrons. The lowest BCUT2D eigenvalue weighted by Gasteiger charge is -2.20. The number of carbonyl (C=O) groups is 1. The predicted molar refractivity (Wildman–Crippen MR) is 128 cm³/mol. The van der Waals surface area contributed by atoms with Crippen LogP contribution in [0.3, 0.4) is 0 Å².